The van der Waals surface area contributed by atoms with Crippen molar-refractivity contribution in [2.24, 2.45) is 5.14 Å². The molecule has 11 nitrogen and oxygen atoms in total. The summed E-state index contributed by atoms with van der Waals surface area (Å²) >= 11 is 0. The van der Waals surface area contributed by atoms with Gasteiger partial charge < -0.3 is 14.1 Å². The Balaban J connectivity index is 1.56. The van der Waals surface area contributed by atoms with E-state index in [1.807, 2.05) is 0 Å². The number of hydrogen-bond donors (Lipinski definition) is 1. The molecule has 2 aromatic rings. The zero-order valence-electron chi connectivity index (χ0n) is 17.8. The topological polar surface area (TPSA) is 143 Å². The SMILES string of the molecule is NS(=O)(=O)c1ccc(N2C(=O)CC(N(CCN3CCOCC3)C(=O)c3ccco3)C2=O)cc1. The number of imide groups is 1. The van der Waals surface area contributed by atoms with Gasteiger partial charge in [-0.2, -0.15) is 0 Å². The predicted octanol–water partition coefficient (Wildman–Crippen LogP) is 0.0335. The third kappa shape index (κ3) is 4.98. The maximum Gasteiger partial charge on any atom is 0.290 e. The Bertz CT molecular complexity index is 1130. The van der Waals surface area contributed by atoms with Gasteiger partial charge in [-0.05, 0) is 36.4 Å². The van der Waals surface area contributed by atoms with E-state index in [4.69, 9.17) is 14.3 Å². The van der Waals surface area contributed by atoms with Crippen LogP contribution in [0, 0.1) is 0 Å². The molecule has 33 heavy (non-hydrogen) atoms. The molecular formula is C21H24N4O7S. The van der Waals surface area contributed by atoms with E-state index in [0.717, 1.165) is 4.90 Å². The van der Waals surface area contributed by atoms with Gasteiger partial charge in [0.15, 0.2) is 5.76 Å². The van der Waals surface area contributed by atoms with Crippen molar-refractivity contribution in [3.8, 4) is 0 Å². The Morgan fingerprint density at radius 1 is 1.12 bits per heavy atom. The predicted molar refractivity (Wildman–Crippen MR) is 116 cm³/mol. The first-order chi connectivity index (χ1) is 15.8. The number of amides is 3. The molecule has 0 bridgehead atoms. The van der Waals surface area contributed by atoms with Crippen LogP contribution in [0.3, 0.4) is 0 Å². The molecule has 1 aromatic carbocycles. The Hall–Kier alpha value is -3.06. The number of primary sulfonamides is 1. The summed E-state index contributed by atoms with van der Waals surface area (Å²) in [5.74, 6) is -1.46. The first-order valence-electron chi connectivity index (χ1n) is 10.4. The number of morpholine rings is 1. The third-order valence-electron chi connectivity index (χ3n) is 5.68. The van der Waals surface area contributed by atoms with Crippen molar-refractivity contribution in [3.63, 3.8) is 0 Å². The highest BCUT2D eigenvalue weighted by molar-refractivity contribution is 7.89. The van der Waals surface area contributed by atoms with Crippen LogP contribution in [-0.4, -0.2) is 81.4 Å². The van der Waals surface area contributed by atoms with Gasteiger partial charge in [0.2, 0.25) is 15.9 Å². The van der Waals surface area contributed by atoms with Gasteiger partial charge in [0.05, 0.1) is 36.5 Å². The molecule has 12 heteroatoms. The smallest absolute Gasteiger partial charge is 0.290 e. The number of rotatable bonds is 7. The number of sulfonamides is 1. The molecule has 2 saturated heterocycles. The van der Waals surface area contributed by atoms with Gasteiger partial charge in [-0.1, -0.05) is 0 Å². The molecule has 2 aliphatic heterocycles. The minimum absolute atomic E-state index is 0.0770. The van der Waals surface area contributed by atoms with Gasteiger partial charge in [0, 0.05) is 26.2 Å². The fraction of sp³-hybridized carbons (Fsp3) is 0.381. The Morgan fingerprint density at radius 2 is 1.82 bits per heavy atom. The van der Waals surface area contributed by atoms with Gasteiger partial charge in [-0.15, -0.1) is 0 Å². The van der Waals surface area contributed by atoms with Gasteiger partial charge in [-0.3, -0.25) is 19.3 Å². The summed E-state index contributed by atoms with van der Waals surface area (Å²) in [5, 5.41) is 5.11. The fourth-order valence-electron chi connectivity index (χ4n) is 3.93. The molecule has 1 unspecified atom stereocenters. The largest absolute Gasteiger partial charge is 0.459 e. The van der Waals surface area contributed by atoms with Crippen molar-refractivity contribution >= 4 is 33.4 Å². The average molecular weight is 477 g/mol. The van der Waals surface area contributed by atoms with Crippen molar-refractivity contribution in [2.75, 3.05) is 44.3 Å². The minimum atomic E-state index is -3.91. The Morgan fingerprint density at radius 3 is 2.42 bits per heavy atom. The molecule has 2 fully saturated rings. The van der Waals surface area contributed by atoms with Crippen LogP contribution in [0.2, 0.25) is 0 Å². The minimum Gasteiger partial charge on any atom is -0.459 e. The molecule has 0 spiro atoms. The van der Waals surface area contributed by atoms with Crippen LogP contribution >= 0.6 is 0 Å². The molecule has 3 amide bonds. The lowest BCUT2D eigenvalue weighted by Crippen LogP contribution is -2.49. The summed E-state index contributed by atoms with van der Waals surface area (Å²) in [4.78, 5) is 43.5. The van der Waals surface area contributed by atoms with Crippen molar-refractivity contribution in [1.82, 2.24) is 9.80 Å². The molecule has 2 aliphatic rings. The zero-order chi connectivity index (χ0) is 23.6. The maximum atomic E-state index is 13.3. The summed E-state index contributed by atoms with van der Waals surface area (Å²) in [6, 6.07) is 7.21. The van der Waals surface area contributed by atoms with Crippen molar-refractivity contribution in [2.45, 2.75) is 17.4 Å². The summed E-state index contributed by atoms with van der Waals surface area (Å²) in [6.07, 6.45) is 1.18. The summed E-state index contributed by atoms with van der Waals surface area (Å²) in [6.45, 7) is 3.34. The van der Waals surface area contributed by atoms with E-state index in [2.05, 4.69) is 4.90 Å². The third-order valence-corrected chi connectivity index (χ3v) is 6.61. The number of furan rings is 1. The van der Waals surface area contributed by atoms with Gasteiger partial charge >= 0.3 is 0 Å². The Labute approximate surface area is 190 Å². The number of anilines is 1. The van der Waals surface area contributed by atoms with Crippen LogP contribution in [0.25, 0.3) is 0 Å². The zero-order valence-corrected chi connectivity index (χ0v) is 18.6. The van der Waals surface area contributed by atoms with Crippen molar-refractivity contribution < 1.29 is 32.0 Å². The van der Waals surface area contributed by atoms with Crippen LogP contribution in [0.15, 0.2) is 52.0 Å². The number of benzene rings is 1. The van der Waals surface area contributed by atoms with E-state index >= 15 is 0 Å². The quantitative estimate of drug-likeness (QED) is 0.552. The van der Waals surface area contributed by atoms with Crippen LogP contribution in [0.4, 0.5) is 5.69 Å². The molecule has 1 aromatic heterocycles. The molecule has 176 valence electrons. The number of ether oxygens (including phenoxy) is 1. The highest BCUT2D eigenvalue weighted by Gasteiger charge is 2.45. The van der Waals surface area contributed by atoms with Gasteiger partial charge in [0.1, 0.15) is 6.04 Å². The van der Waals surface area contributed by atoms with Crippen LogP contribution in [0.1, 0.15) is 17.0 Å². The molecule has 3 heterocycles. The second-order valence-corrected chi connectivity index (χ2v) is 9.32. The Kier molecular flexibility index (Phi) is 6.61. The molecule has 1 atom stereocenters. The van der Waals surface area contributed by atoms with E-state index in [-0.39, 0.29) is 29.3 Å². The fourth-order valence-corrected chi connectivity index (χ4v) is 4.45. The molecule has 4 rings (SSSR count). The molecule has 0 saturated carbocycles. The molecule has 0 aliphatic carbocycles. The van der Waals surface area contributed by atoms with Crippen LogP contribution in [0.5, 0.6) is 0 Å². The lowest BCUT2D eigenvalue weighted by molar-refractivity contribution is -0.122. The monoisotopic (exact) mass is 476 g/mol. The van der Waals surface area contributed by atoms with Crippen molar-refractivity contribution in [3.05, 3.63) is 48.4 Å². The molecular weight excluding hydrogens is 452 g/mol. The number of carbonyl (C=O) groups is 3. The summed E-state index contributed by atoms with van der Waals surface area (Å²) in [7, 11) is -3.91. The van der Waals surface area contributed by atoms with E-state index < -0.39 is 33.8 Å². The summed E-state index contributed by atoms with van der Waals surface area (Å²) in [5.41, 5.74) is 0.207. The number of nitrogens with zero attached hydrogens (tertiary/aromatic N) is 3. The maximum absolute atomic E-state index is 13.3. The average Bonchev–Trinajstić information content (AvgIpc) is 3.43. The van der Waals surface area contributed by atoms with Gasteiger partial charge in [-0.25, -0.2) is 18.5 Å². The highest BCUT2D eigenvalue weighted by Crippen LogP contribution is 2.27. The lowest BCUT2D eigenvalue weighted by atomic mass is 10.2. The summed E-state index contributed by atoms with van der Waals surface area (Å²) < 4.78 is 33.6. The first-order valence-corrected chi connectivity index (χ1v) is 11.9. The van der Waals surface area contributed by atoms with E-state index in [9.17, 15) is 22.8 Å². The van der Waals surface area contributed by atoms with Gasteiger partial charge in [0.25, 0.3) is 11.8 Å². The van der Waals surface area contributed by atoms with E-state index in [1.165, 1.54) is 41.5 Å². The molecule has 2 N–H and O–H groups in total. The lowest BCUT2D eigenvalue weighted by Gasteiger charge is -2.31. The van der Waals surface area contributed by atoms with E-state index in [1.54, 1.807) is 6.07 Å². The second-order valence-electron chi connectivity index (χ2n) is 7.76. The second kappa shape index (κ2) is 9.43. The standard InChI is InChI=1S/C21H24N4O7S/c22-33(29,30)16-5-3-15(4-6-16)25-19(26)14-17(20(25)27)24(21(28)18-2-1-11-32-18)8-7-23-9-12-31-13-10-23/h1-6,11,17H,7-10,12-14H2,(H2,22,29,30). The highest BCUT2D eigenvalue weighted by atomic mass is 32.2. The molecule has 0 radical (unpaired) electrons. The van der Waals surface area contributed by atoms with Crippen LogP contribution in [-0.2, 0) is 24.3 Å². The van der Waals surface area contributed by atoms with Crippen molar-refractivity contribution in [1.29, 1.82) is 0 Å². The first kappa shape index (κ1) is 23.1. The van der Waals surface area contributed by atoms with E-state index in [0.29, 0.717) is 32.8 Å². The number of nitrogens with two attached hydrogens (primary N) is 1. The number of hydrogen-bond acceptors (Lipinski definition) is 8. The van der Waals surface area contributed by atoms with Crippen LogP contribution < -0.4 is 10.0 Å². The number of carbonyl (C=O) groups excluding carboxylic acids is 3. The normalized spacial score (nSPS) is 19.8.